The van der Waals surface area contributed by atoms with Crippen LogP contribution in [0, 0.1) is 6.92 Å². The molecule has 1 amide bonds. The number of rotatable bonds is 8. The van der Waals surface area contributed by atoms with Crippen molar-refractivity contribution in [3.8, 4) is 11.5 Å². The molecule has 174 valence electrons. The number of methoxy groups -OCH3 is 1. The van der Waals surface area contributed by atoms with E-state index in [1.54, 1.807) is 18.1 Å². The van der Waals surface area contributed by atoms with Crippen LogP contribution in [0.25, 0.3) is 11.0 Å². The van der Waals surface area contributed by atoms with Crippen molar-refractivity contribution in [3.63, 3.8) is 0 Å². The van der Waals surface area contributed by atoms with Gasteiger partial charge in [-0.15, -0.1) is 0 Å². The van der Waals surface area contributed by atoms with E-state index in [0.717, 1.165) is 24.1 Å². The van der Waals surface area contributed by atoms with Gasteiger partial charge in [0.05, 0.1) is 30.7 Å². The lowest BCUT2D eigenvalue weighted by atomic mass is 9.97. The van der Waals surface area contributed by atoms with Crippen LogP contribution in [0.2, 0.25) is 0 Å². The quantitative estimate of drug-likeness (QED) is 0.517. The van der Waals surface area contributed by atoms with Crippen molar-refractivity contribution in [1.29, 1.82) is 0 Å². The zero-order valence-electron chi connectivity index (χ0n) is 19.8. The Morgan fingerprint density at radius 3 is 2.58 bits per heavy atom. The van der Waals surface area contributed by atoms with Crippen LogP contribution < -0.4 is 14.9 Å². The van der Waals surface area contributed by atoms with Crippen LogP contribution in [-0.2, 0) is 0 Å². The molecule has 0 aliphatic carbocycles. The summed E-state index contributed by atoms with van der Waals surface area (Å²) in [5.41, 5.74) is 2.38. The number of fused-ring (bicyclic) bond motifs is 2. The number of nitrogens with zero attached hydrogens (tertiary/aromatic N) is 2. The van der Waals surface area contributed by atoms with E-state index in [-0.39, 0.29) is 17.1 Å². The molecule has 0 bridgehead atoms. The summed E-state index contributed by atoms with van der Waals surface area (Å²) >= 11 is 0. The fraction of sp³-hybridized carbons (Fsp3) is 0.385. The highest BCUT2D eigenvalue weighted by molar-refractivity contribution is 5.99. The molecule has 2 aromatic carbocycles. The zero-order chi connectivity index (χ0) is 23.7. The predicted octanol–water partition coefficient (Wildman–Crippen LogP) is 4.01. The summed E-state index contributed by atoms with van der Waals surface area (Å²) in [4.78, 5) is 30.9. The average molecular weight is 451 g/mol. The molecule has 1 aliphatic rings. The van der Waals surface area contributed by atoms with Gasteiger partial charge in [0.15, 0.2) is 16.9 Å². The third kappa shape index (κ3) is 4.20. The molecule has 0 radical (unpaired) electrons. The van der Waals surface area contributed by atoms with Gasteiger partial charge in [-0.3, -0.25) is 9.59 Å². The fourth-order valence-corrected chi connectivity index (χ4v) is 4.40. The smallest absolute Gasteiger partial charge is 0.290 e. The van der Waals surface area contributed by atoms with E-state index in [9.17, 15) is 9.59 Å². The van der Waals surface area contributed by atoms with E-state index in [2.05, 4.69) is 4.90 Å². The number of carbonyl (C=O) groups excluding carboxylic acids is 1. The molecule has 0 fully saturated rings. The molecule has 33 heavy (non-hydrogen) atoms. The predicted molar refractivity (Wildman–Crippen MR) is 127 cm³/mol. The van der Waals surface area contributed by atoms with Gasteiger partial charge in [-0.2, -0.15) is 0 Å². The first-order valence-electron chi connectivity index (χ1n) is 11.2. The third-order valence-corrected chi connectivity index (χ3v) is 5.93. The molecule has 0 unspecified atom stereocenters. The van der Waals surface area contributed by atoms with Gasteiger partial charge >= 0.3 is 0 Å². The van der Waals surface area contributed by atoms with Crippen LogP contribution in [0.15, 0.2) is 45.6 Å². The van der Waals surface area contributed by atoms with Gasteiger partial charge in [-0.25, -0.2) is 0 Å². The first-order chi connectivity index (χ1) is 15.8. The molecule has 0 spiro atoms. The van der Waals surface area contributed by atoms with Crippen LogP contribution in [0.1, 0.15) is 46.6 Å². The summed E-state index contributed by atoms with van der Waals surface area (Å²) in [5.74, 6) is 1.04. The first kappa shape index (κ1) is 22.9. The number of ether oxygens (including phenoxy) is 2. The molecule has 1 aromatic heterocycles. The number of hydrogen-bond donors (Lipinski definition) is 0. The van der Waals surface area contributed by atoms with Crippen molar-refractivity contribution in [2.24, 2.45) is 0 Å². The van der Waals surface area contributed by atoms with E-state index in [1.807, 2.05) is 58.3 Å². The van der Waals surface area contributed by atoms with Crippen molar-refractivity contribution in [3.05, 3.63) is 69.1 Å². The number of carbonyl (C=O) groups is 1. The van der Waals surface area contributed by atoms with Crippen molar-refractivity contribution in [1.82, 2.24) is 9.80 Å². The lowest BCUT2D eigenvalue weighted by Gasteiger charge is -2.26. The highest BCUT2D eigenvalue weighted by Crippen LogP contribution is 2.41. The maximum Gasteiger partial charge on any atom is 0.290 e. The number of hydrogen-bond acceptors (Lipinski definition) is 6. The molecule has 1 atom stereocenters. The Morgan fingerprint density at radius 1 is 1.09 bits per heavy atom. The Kier molecular flexibility index (Phi) is 6.42. The fourth-order valence-electron chi connectivity index (χ4n) is 4.40. The second-order valence-electron chi connectivity index (χ2n) is 8.57. The largest absolute Gasteiger partial charge is 0.493 e. The minimum absolute atomic E-state index is 0.124. The maximum absolute atomic E-state index is 13.7. The topological polar surface area (TPSA) is 72.2 Å². The Bertz CT molecular complexity index is 1250. The SMILES string of the molecule is CCOc1ccc([C@@H]2c3c(oc4ccc(C)cc4c3=O)C(=O)N2CCCN(C)C)cc1OC. The maximum atomic E-state index is 13.7. The van der Waals surface area contributed by atoms with Crippen molar-refractivity contribution < 1.29 is 18.7 Å². The summed E-state index contributed by atoms with van der Waals surface area (Å²) in [7, 11) is 5.57. The lowest BCUT2D eigenvalue weighted by Crippen LogP contribution is -2.32. The first-order valence-corrected chi connectivity index (χ1v) is 11.2. The molecule has 1 aliphatic heterocycles. The van der Waals surface area contributed by atoms with Gasteiger partial charge in [-0.05, 0) is 70.7 Å². The van der Waals surface area contributed by atoms with E-state index >= 15 is 0 Å². The summed E-state index contributed by atoms with van der Waals surface area (Å²) in [6, 6.07) is 10.4. The molecule has 0 N–H and O–H groups in total. The molecule has 4 rings (SSSR count). The molecule has 3 aromatic rings. The van der Waals surface area contributed by atoms with E-state index in [0.29, 0.717) is 41.2 Å². The molecular weight excluding hydrogens is 420 g/mol. The molecule has 7 nitrogen and oxygen atoms in total. The summed E-state index contributed by atoms with van der Waals surface area (Å²) < 4.78 is 17.2. The minimum Gasteiger partial charge on any atom is -0.493 e. The van der Waals surface area contributed by atoms with Crippen molar-refractivity contribution in [2.45, 2.75) is 26.3 Å². The summed E-state index contributed by atoms with van der Waals surface area (Å²) in [6.07, 6.45) is 0.768. The lowest BCUT2D eigenvalue weighted by molar-refractivity contribution is 0.0722. The van der Waals surface area contributed by atoms with Crippen LogP contribution in [0.4, 0.5) is 0 Å². The Hall–Kier alpha value is -3.32. The molecule has 0 saturated carbocycles. The number of amides is 1. The van der Waals surface area contributed by atoms with Crippen molar-refractivity contribution >= 4 is 16.9 Å². The van der Waals surface area contributed by atoms with Crippen LogP contribution in [0.3, 0.4) is 0 Å². The van der Waals surface area contributed by atoms with Gasteiger partial charge in [0.1, 0.15) is 5.58 Å². The van der Waals surface area contributed by atoms with Crippen molar-refractivity contribution in [2.75, 3.05) is 40.9 Å². The van der Waals surface area contributed by atoms with Crippen LogP contribution >= 0.6 is 0 Å². The molecular formula is C26H30N2O5. The van der Waals surface area contributed by atoms with Gasteiger partial charge < -0.3 is 23.7 Å². The standard InChI is InChI=1S/C26H30N2O5/c1-6-32-20-11-9-17(15-21(20)31-5)23-22-24(29)18-14-16(2)8-10-19(18)33-25(22)26(30)28(23)13-7-12-27(3)4/h8-11,14-15,23H,6-7,12-13H2,1-5H3/t23-/m1/s1. The molecule has 2 heterocycles. The Balaban J connectivity index is 1.88. The second-order valence-corrected chi connectivity index (χ2v) is 8.57. The second kappa shape index (κ2) is 9.27. The van der Waals surface area contributed by atoms with Crippen LogP contribution in [-0.4, -0.2) is 56.6 Å². The van der Waals surface area contributed by atoms with E-state index in [4.69, 9.17) is 13.9 Å². The minimum atomic E-state index is -0.555. The molecule has 0 saturated heterocycles. The highest BCUT2D eigenvalue weighted by Gasteiger charge is 2.42. The van der Waals surface area contributed by atoms with Gasteiger partial charge in [0.2, 0.25) is 5.76 Å². The Morgan fingerprint density at radius 2 is 1.88 bits per heavy atom. The van der Waals surface area contributed by atoms with E-state index in [1.165, 1.54) is 0 Å². The van der Waals surface area contributed by atoms with Gasteiger partial charge in [0, 0.05) is 6.54 Å². The zero-order valence-corrected chi connectivity index (χ0v) is 19.8. The van der Waals surface area contributed by atoms with Gasteiger partial charge in [-0.1, -0.05) is 17.7 Å². The average Bonchev–Trinajstić information content (AvgIpc) is 3.06. The van der Waals surface area contributed by atoms with E-state index < -0.39 is 6.04 Å². The number of benzene rings is 2. The summed E-state index contributed by atoms with van der Waals surface area (Å²) in [6.45, 7) is 5.66. The molecule has 7 heteroatoms. The summed E-state index contributed by atoms with van der Waals surface area (Å²) in [5, 5.41) is 0.486. The van der Waals surface area contributed by atoms with Gasteiger partial charge in [0.25, 0.3) is 5.91 Å². The van der Waals surface area contributed by atoms with Crippen LogP contribution in [0.5, 0.6) is 11.5 Å². The normalized spacial score (nSPS) is 15.4. The highest BCUT2D eigenvalue weighted by atomic mass is 16.5. The monoisotopic (exact) mass is 450 g/mol. The third-order valence-electron chi connectivity index (χ3n) is 5.93. The Labute approximate surface area is 193 Å². The number of aryl methyl sites for hydroxylation is 1.